The maximum absolute atomic E-state index is 12.6. The molecule has 8 heteroatoms. The van der Waals surface area contributed by atoms with Crippen molar-refractivity contribution in [3.63, 3.8) is 0 Å². The zero-order chi connectivity index (χ0) is 15.0. The predicted octanol–water partition coefficient (Wildman–Crippen LogP) is 1.81. The molecule has 0 radical (unpaired) electrons. The van der Waals surface area contributed by atoms with Crippen molar-refractivity contribution in [2.75, 3.05) is 29.5 Å². The first-order valence-electron chi connectivity index (χ1n) is 5.80. The summed E-state index contributed by atoms with van der Waals surface area (Å²) in [6.07, 6.45) is -4.50. The predicted molar refractivity (Wildman–Crippen MR) is 67.0 cm³/mol. The first-order chi connectivity index (χ1) is 9.23. The van der Waals surface area contributed by atoms with E-state index in [1.54, 1.807) is 11.0 Å². The Morgan fingerprint density at radius 2 is 1.80 bits per heavy atom. The third-order valence-corrected chi connectivity index (χ3v) is 4.74. The molecule has 0 atom stereocenters. The van der Waals surface area contributed by atoms with Crippen LogP contribution in [0.3, 0.4) is 0 Å². The highest BCUT2D eigenvalue weighted by Gasteiger charge is 2.32. The molecule has 2 rings (SSSR count). The molecule has 1 heterocycles. The fourth-order valence-electron chi connectivity index (χ4n) is 2.03. The minimum absolute atomic E-state index is 0.0567. The maximum Gasteiger partial charge on any atom is 0.416 e. The molecule has 0 spiro atoms. The quantitative estimate of drug-likeness (QED) is 0.794. The molecule has 1 aliphatic heterocycles. The molecule has 1 fully saturated rings. The van der Waals surface area contributed by atoms with E-state index >= 15 is 0 Å². The van der Waals surface area contributed by atoms with Crippen LogP contribution in [0.4, 0.5) is 18.9 Å². The zero-order valence-corrected chi connectivity index (χ0v) is 11.1. The van der Waals surface area contributed by atoms with Crippen molar-refractivity contribution in [2.24, 2.45) is 0 Å². The van der Waals surface area contributed by atoms with Crippen molar-refractivity contribution in [3.8, 4) is 6.07 Å². The van der Waals surface area contributed by atoms with E-state index in [0.29, 0.717) is 5.69 Å². The Hall–Kier alpha value is -1.75. The van der Waals surface area contributed by atoms with Crippen molar-refractivity contribution in [3.05, 3.63) is 29.3 Å². The molecule has 0 saturated carbocycles. The molecule has 0 bridgehead atoms. The number of nitriles is 1. The summed E-state index contributed by atoms with van der Waals surface area (Å²) in [6.45, 7) is 0.366. The van der Waals surface area contributed by atoms with Crippen LogP contribution >= 0.6 is 0 Å². The summed E-state index contributed by atoms with van der Waals surface area (Å²) >= 11 is 0. The average Bonchev–Trinajstić information content (AvgIpc) is 2.37. The second-order valence-electron chi connectivity index (χ2n) is 4.48. The third kappa shape index (κ3) is 3.04. The number of alkyl halides is 3. The number of hydrogen-bond acceptors (Lipinski definition) is 4. The van der Waals surface area contributed by atoms with Gasteiger partial charge in [-0.1, -0.05) is 0 Å². The number of sulfone groups is 1. The Bertz CT molecular complexity index is 648. The summed E-state index contributed by atoms with van der Waals surface area (Å²) in [5.74, 6) is -0.113. The van der Waals surface area contributed by atoms with Gasteiger partial charge in [-0.3, -0.25) is 0 Å². The Morgan fingerprint density at radius 1 is 1.20 bits per heavy atom. The summed E-state index contributed by atoms with van der Waals surface area (Å²) in [4.78, 5) is 1.62. The highest BCUT2D eigenvalue weighted by molar-refractivity contribution is 7.91. The van der Waals surface area contributed by atoms with E-state index in [-0.39, 0.29) is 30.2 Å². The van der Waals surface area contributed by atoms with Gasteiger partial charge < -0.3 is 4.90 Å². The van der Waals surface area contributed by atoms with E-state index in [2.05, 4.69) is 0 Å². The number of benzene rings is 1. The molecule has 1 saturated heterocycles. The van der Waals surface area contributed by atoms with E-state index in [1.165, 1.54) is 6.07 Å². The van der Waals surface area contributed by atoms with Crippen molar-refractivity contribution < 1.29 is 21.6 Å². The number of nitrogens with zero attached hydrogens (tertiary/aromatic N) is 2. The van der Waals surface area contributed by atoms with Gasteiger partial charge in [-0.05, 0) is 18.2 Å². The van der Waals surface area contributed by atoms with Gasteiger partial charge in [0.05, 0.1) is 28.3 Å². The molecule has 108 valence electrons. The van der Waals surface area contributed by atoms with Crippen molar-refractivity contribution in [1.82, 2.24) is 0 Å². The van der Waals surface area contributed by atoms with Gasteiger partial charge in [-0.15, -0.1) is 0 Å². The molecule has 0 unspecified atom stereocenters. The van der Waals surface area contributed by atoms with Gasteiger partial charge in [0.1, 0.15) is 6.07 Å². The van der Waals surface area contributed by atoms with Gasteiger partial charge in [-0.25, -0.2) is 8.42 Å². The topological polar surface area (TPSA) is 61.2 Å². The molecule has 0 N–H and O–H groups in total. The van der Waals surface area contributed by atoms with Gasteiger partial charge in [0.25, 0.3) is 0 Å². The second-order valence-corrected chi connectivity index (χ2v) is 6.78. The largest absolute Gasteiger partial charge is 0.416 e. The van der Waals surface area contributed by atoms with E-state index in [9.17, 15) is 21.6 Å². The molecule has 1 aliphatic rings. The lowest BCUT2D eigenvalue weighted by Gasteiger charge is -2.29. The molecule has 1 aromatic carbocycles. The van der Waals surface area contributed by atoms with Crippen molar-refractivity contribution in [1.29, 1.82) is 5.26 Å². The van der Waals surface area contributed by atoms with Crippen LogP contribution < -0.4 is 4.90 Å². The maximum atomic E-state index is 12.6. The Kier molecular flexibility index (Phi) is 3.65. The summed E-state index contributed by atoms with van der Waals surface area (Å²) in [6, 6.07) is 4.65. The van der Waals surface area contributed by atoms with Crippen LogP contribution in [-0.2, 0) is 16.0 Å². The fourth-order valence-corrected chi connectivity index (χ4v) is 3.23. The Labute approximate surface area is 114 Å². The van der Waals surface area contributed by atoms with Gasteiger partial charge in [0.2, 0.25) is 0 Å². The molecular formula is C12H11F3N2O2S. The smallest absolute Gasteiger partial charge is 0.368 e. The highest BCUT2D eigenvalue weighted by atomic mass is 32.2. The van der Waals surface area contributed by atoms with Crippen molar-refractivity contribution >= 4 is 15.5 Å². The lowest BCUT2D eigenvalue weighted by molar-refractivity contribution is -0.137. The summed E-state index contributed by atoms with van der Waals surface area (Å²) in [7, 11) is -3.08. The molecule has 4 nitrogen and oxygen atoms in total. The molecule has 0 aliphatic carbocycles. The van der Waals surface area contributed by atoms with Crippen LogP contribution in [-0.4, -0.2) is 33.0 Å². The van der Waals surface area contributed by atoms with Gasteiger partial charge in [-0.2, -0.15) is 18.4 Å². The number of hydrogen-bond donors (Lipinski definition) is 0. The number of anilines is 1. The standard InChI is InChI=1S/C12H11F3N2O2S/c13-12(14,15)10-1-2-11(9(7-10)8-16)17-3-5-20(18,19)6-4-17/h1-2,7H,3-6H2. The first-order valence-corrected chi connectivity index (χ1v) is 7.62. The number of halogens is 3. The van der Waals surface area contributed by atoms with Gasteiger partial charge >= 0.3 is 6.18 Å². The van der Waals surface area contributed by atoms with Crippen LogP contribution in [0.15, 0.2) is 18.2 Å². The number of rotatable bonds is 1. The lowest BCUT2D eigenvalue weighted by atomic mass is 10.1. The van der Waals surface area contributed by atoms with Gasteiger partial charge in [0.15, 0.2) is 9.84 Å². The summed E-state index contributed by atoms with van der Waals surface area (Å²) < 4.78 is 60.4. The Balaban J connectivity index is 2.32. The molecule has 1 aromatic rings. The minimum atomic E-state index is -4.50. The molecular weight excluding hydrogens is 293 g/mol. The fraction of sp³-hybridized carbons (Fsp3) is 0.417. The molecule has 0 amide bonds. The van der Waals surface area contributed by atoms with E-state index in [0.717, 1.165) is 12.1 Å². The third-order valence-electron chi connectivity index (χ3n) is 3.13. The zero-order valence-electron chi connectivity index (χ0n) is 10.3. The van der Waals surface area contributed by atoms with E-state index in [1.807, 2.05) is 0 Å². The van der Waals surface area contributed by atoms with Crippen LogP contribution in [0.1, 0.15) is 11.1 Å². The monoisotopic (exact) mass is 304 g/mol. The minimum Gasteiger partial charge on any atom is -0.368 e. The molecule has 20 heavy (non-hydrogen) atoms. The normalized spacial score (nSPS) is 18.6. The SMILES string of the molecule is N#Cc1cc(C(F)(F)F)ccc1N1CCS(=O)(=O)CC1. The Morgan fingerprint density at radius 3 is 2.30 bits per heavy atom. The average molecular weight is 304 g/mol. The second kappa shape index (κ2) is 4.98. The van der Waals surface area contributed by atoms with Crippen molar-refractivity contribution in [2.45, 2.75) is 6.18 Å². The van der Waals surface area contributed by atoms with Crippen LogP contribution in [0.25, 0.3) is 0 Å². The van der Waals surface area contributed by atoms with E-state index < -0.39 is 21.6 Å². The van der Waals surface area contributed by atoms with Gasteiger partial charge in [0, 0.05) is 13.1 Å². The van der Waals surface area contributed by atoms with Crippen LogP contribution in [0.2, 0.25) is 0 Å². The molecule has 0 aromatic heterocycles. The lowest BCUT2D eigenvalue weighted by Crippen LogP contribution is -2.40. The van der Waals surface area contributed by atoms with Crippen LogP contribution in [0.5, 0.6) is 0 Å². The summed E-state index contributed by atoms with van der Waals surface area (Å²) in [5, 5.41) is 8.98. The van der Waals surface area contributed by atoms with Crippen LogP contribution in [0, 0.1) is 11.3 Å². The first kappa shape index (κ1) is 14.7. The van der Waals surface area contributed by atoms with E-state index in [4.69, 9.17) is 5.26 Å². The highest BCUT2D eigenvalue weighted by Crippen LogP contribution is 2.33. The summed E-state index contributed by atoms with van der Waals surface area (Å²) in [5.41, 5.74) is -0.642.